The van der Waals surface area contributed by atoms with Crippen LogP contribution in [0.4, 0.5) is 13.2 Å². The van der Waals surface area contributed by atoms with E-state index < -0.39 is 28.2 Å². The third-order valence-electron chi connectivity index (χ3n) is 3.54. The first-order chi connectivity index (χ1) is 12.9. The Morgan fingerprint density at radius 1 is 1.11 bits per heavy atom. The van der Waals surface area contributed by atoms with Gasteiger partial charge < -0.3 is 9.64 Å². The SMILES string of the molecule is CN(C)C[C@H](NS(=O)(=O)c1cccc(OC(F)(F)F)c1)c1ccc(Cl)c(Cl)c1. The molecule has 2 aromatic rings. The summed E-state index contributed by atoms with van der Waals surface area (Å²) in [4.78, 5) is 1.39. The number of hydrogen-bond donors (Lipinski definition) is 1. The van der Waals surface area contributed by atoms with Crippen LogP contribution in [0, 0.1) is 0 Å². The molecule has 0 amide bonds. The molecule has 0 bridgehead atoms. The van der Waals surface area contributed by atoms with Gasteiger partial charge in [-0.2, -0.15) is 0 Å². The predicted molar refractivity (Wildman–Crippen MR) is 101 cm³/mol. The Morgan fingerprint density at radius 3 is 2.36 bits per heavy atom. The summed E-state index contributed by atoms with van der Waals surface area (Å²) < 4.78 is 69.0. The number of alkyl halides is 3. The van der Waals surface area contributed by atoms with Crippen molar-refractivity contribution in [3.63, 3.8) is 0 Å². The molecule has 0 aliphatic rings. The van der Waals surface area contributed by atoms with Crippen molar-refractivity contribution < 1.29 is 26.3 Å². The second-order valence-corrected chi connectivity index (χ2v) is 8.66. The summed E-state index contributed by atoms with van der Waals surface area (Å²) in [6.45, 7) is 0.274. The lowest BCUT2D eigenvalue weighted by Gasteiger charge is -2.23. The number of hydrogen-bond acceptors (Lipinski definition) is 4. The number of halogens is 5. The van der Waals surface area contributed by atoms with Crippen LogP contribution in [0.5, 0.6) is 5.75 Å². The Hall–Kier alpha value is -1.52. The van der Waals surface area contributed by atoms with Gasteiger partial charge in [-0.3, -0.25) is 0 Å². The molecule has 2 rings (SSSR count). The lowest BCUT2D eigenvalue weighted by Crippen LogP contribution is -2.35. The van der Waals surface area contributed by atoms with Crippen LogP contribution in [0.1, 0.15) is 11.6 Å². The Bertz CT molecular complexity index is 937. The fraction of sp³-hybridized carbons (Fsp3) is 0.294. The van der Waals surface area contributed by atoms with E-state index in [1.165, 1.54) is 18.2 Å². The highest BCUT2D eigenvalue weighted by molar-refractivity contribution is 7.89. The fourth-order valence-electron chi connectivity index (χ4n) is 2.40. The van der Waals surface area contributed by atoms with E-state index in [2.05, 4.69) is 9.46 Å². The van der Waals surface area contributed by atoms with Crippen LogP contribution in [-0.4, -0.2) is 40.3 Å². The Labute approximate surface area is 171 Å². The van der Waals surface area contributed by atoms with Crippen LogP contribution in [-0.2, 0) is 10.0 Å². The quantitative estimate of drug-likeness (QED) is 0.667. The minimum absolute atomic E-state index is 0.252. The van der Waals surface area contributed by atoms with Crippen molar-refractivity contribution in [3.8, 4) is 5.75 Å². The number of nitrogens with one attached hydrogen (secondary N) is 1. The summed E-state index contributed by atoms with van der Waals surface area (Å²) in [5.74, 6) is -0.630. The molecule has 0 fully saturated rings. The number of benzene rings is 2. The molecule has 154 valence electrons. The topological polar surface area (TPSA) is 58.6 Å². The van der Waals surface area contributed by atoms with Crippen molar-refractivity contribution >= 4 is 33.2 Å². The first kappa shape index (κ1) is 22.8. The summed E-state index contributed by atoms with van der Waals surface area (Å²) in [6.07, 6.45) is -4.93. The molecule has 28 heavy (non-hydrogen) atoms. The molecule has 0 saturated carbocycles. The van der Waals surface area contributed by atoms with E-state index in [9.17, 15) is 21.6 Å². The zero-order valence-electron chi connectivity index (χ0n) is 14.8. The van der Waals surface area contributed by atoms with E-state index in [1.807, 2.05) is 0 Å². The molecule has 11 heteroatoms. The van der Waals surface area contributed by atoms with Gasteiger partial charge in [0.2, 0.25) is 10.0 Å². The number of likely N-dealkylation sites (N-methyl/N-ethyl adjacent to an activating group) is 1. The Kier molecular flexibility index (Phi) is 7.22. The van der Waals surface area contributed by atoms with Crippen LogP contribution in [0.3, 0.4) is 0 Å². The van der Waals surface area contributed by atoms with Crippen molar-refractivity contribution in [1.82, 2.24) is 9.62 Å². The lowest BCUT2D eigenvalue weighted by molar-refractivity contribution is -0.274. The fourth-order valence-corrected chi connectivity index (χ4v) is 3.96. The van der Waals surface area contributed by atoms with E-state index in [0.717, 1.165) is 18.2 Å². The van der Waals surface area contributed by atoms with Gasteiger partial charge in [-0.25, -0.2) is 13.1 Å². The Balaban J connectivity index is 2.34. The van der Waals surface area contributed by atoms with Gasteiger partial charge in [-0.15, -0.1) is 13.2 Å². The second kappa shape index (κ2) is 8.87. The number of rotatable bonds is 7. The van der Waals surface area contributed by atoms with E-state index in [1.54, 1.807) is 25.1 Å². The molecule has 0 aliphatic heterocycles. The van der Waals surface area contributed by atoms with Crippen LogP contribution >= 0.6 is 23.2 Å². The smallest absolute Gasteiger partial charge is 0.406 e. The number of ether oxygens (including phenoxy) is 1. The van der Waals surface area contributed by atoms with E-state index in [0.29, 0.717) is 10.6 Å². The van der Waals surface area contributed by atoms with Crippen molar-refractivity contribution in [3.05, 3.63) is 58.1 Å². The summed E-state index contributed by atoms with van der Waals surface area (Å²) in [6, 6.07) is 8.12. The minimum atomic E-state index is -4.93. The Morgan fingerprint density at radius 2 is 1.79 bits per heavy atom. The maximum atomic E-state index is 12.7. The maximum Gasteiger partial charge on any atom is 0.573 e. The highest BCUT2D eigenvalue weighted by Crippen LogP contribution is 2.28. The maximum absolute atomic E-state index is 12.7. The van der Waals surface area contributed by atoms with E-state index in [4.69, 9.17) is 23.2 Å². The first-order valence-electron chi connectivity index (χ1n) is 7.85. The highest BCUT2D eigenvalue weighted by Gasteiger charge is 2.32. The molecule has 0 saturated heterocycles. The molecule has 0 aliphatic carbocycles. The summed E-state index contributed by atoms with van der Waals surface area (Å²) in [5.41, 5.74) is 0.550. The second-order valence-electron chi connectivity index (χ2n) is 6.13. The monoisotopic (exact) mass is 456 g/mol. The molecule has 0 aromatic heterocycles. The average molecular weight is 457 g/mol. The molecule has 0 unspecified atom stereocenters. The van der Waals surface area contributed by atoms with Crippen LogP contribution < -0.4 is 9.46 Å². The van der Waals surface area contributed by atoms with Gasteiger partial charge in [0.25, 0.3) is 0 Å². The van der Waals surface area contributed by atoms with Gasteiger partial charge in [-0.05, 0) is 43.9 Å². The van der Waals surface area contributed by atoms with Gasteiger partial charge >= 0.3 is 6.36 Å². The predicted octanol–water partition coefficient (Wildman–Crippen LogP) is 4.47. The summed E-state index contributed by atoms with van der Waals surface area (Å²) >= 11 is 11.9. The average Bonchev–Trinajstić information content (AvgIpc) is 2.55. The molecule has 0 spiro atoms. The summed E-state index contributed by atoms with van der Waals surface area (Å²) in [7, 11) is -0.661. The molecule has 1 N–H and O–H groups in total. The van der Waals surface area contributed by atoms with Crippen LogP contribution in [0.25, 0.3) is 0 Å². The van der Waals surface area contributed by atoms with Gasteiger partial charge in [0, 0.05) is 12.6 Å². The van der Waals surface area contributed by atoms with Crippen molar-refractivity contribution in [1.29, 1.82) is 0 Å². The zero-order chi connectivity index (χ0) is 21.1. The zero-order valence-corrected chi connectivity index (χ0v) is 17.1. The van der Waals surface area contributed by atoms with Gasteiger partial charge in [0.05, 0.1) is 21.0 Å². The number of nitrogens with zero attached hydrogens (tertiary/aromatic N) is 1. The molecule has 1 atom stereocenters. The largest absolute Gasteiger partial charge is 0.573 e. The molecular weight excluding hydrogens is 440 g/mol. The van der Waals surface area contributed by atoms with Crippen LogP contribution in [0.15, 0.2) is 47.4 Å². The third-order valence-corrected chi connectivity index (χ3v) is 5.75. The van der Waals surface area contributed by atoms with Gasteiger partial charge in [-0.1, -0.05) is 35.3 Å². The van der Waals surface area contributed by atoms with Gasteiger partial charge in [0.15, 0.2) is 0 Å². The van der Waals surface area contributed by atoms with E-state index >= 15 is 0 Å². The number of sulfonamides is 1. The van der Waals surface area contributed by atoms with Crippen LogP contribution in [0.2, 0.25) is 10.0 Å². The molecule has 2 aromatic carbocycles. The van der Waals surface area contributed by atoms with Crippen molar-refractivity contribution in [2.75, 3.05) is 20.6 Å². The summed E-state index contributed by atoms with van der Waals surface area (Å²) in [5, 5.41) is 0.566. The lowest BCUT2D eigenvalue weighted by atomic mass is 10.1. The first-order valence-corrected chi connectivity index (χ1v) is 10.1. The third kappa shape index (κ3) is 6.52. The van der Waals surface area contributed by atoms with E-state index in [-0.39, 0.29) is 16.5 Å². The highest BCUT2D eigenvalue weighted by atomic mass is 35.5. The molecule has 5 nitrogen and oxygen atoms in total. The standard InChI is InChI=1S/C17H17Cl2F3N2O3S/c1-24(2)10-16(11-6-7-14(18)15(19)8-11)23-28(25,26)13-5-3-4-12(9-13)27-17(20,21)22/h3-9,16,23H,10H2,1-2H3/t16-/m0/s1. The molecule has 0 heterocycles. The minimum Gasteiger partial charge on any atom is -0.406 e. The van der Waals surface area contributed by atoms with Crippen molar-refractivity contribution in [2.45, 2.75) is 17.3 Å². The van der Waals surface area contributed by atoms with Crippen molar-refractivity contribution in [2.24, 2.45) is 0 Å². The molecular formula is C17H17Cl2F3N2O3S. The van der Waals surface area contributed by atoms with Gasteiger partial charge in [0.1, 0.15) is 5.75 Å². The normalized spacial score (nSPS) is 13.6. The molecule has 0 radical (unpaired) electrons.